The summed E-state index contributed by atoms with van der Waals surface area (Å²) in [5.74, 6) is 0.920. The molecule has 2 aromatic carbocycles. The molecule has 8 aromatic rings. The van der Waals surface area contributed by atoms with Crippen molar-refractivity contribution in [3.8, 4) is 11.4 Å². The molecule has 0 saturated heterocycles. The average molecular weight is 580 g/mol. The predicted molar refractivity (Wildman–Crippen MR) is 180 cm³/mol. The third-order valence-corrected chi connectivity index (χ3v) is 9.29. The van der Waals surface area contributed by atoms with E-state index in [2.05, 4.69) is 115 Å². The summed E-state index contributed by atoms with van der Waals surface area (Å²) in [5.41, 5.74) is 9.94. The van der Waals surface area contributed by atoms with E-state index < -0.39 is 0 Å². The number of anilines is 2. The summed E-state index contributed by atoms with van der Waals surface area (Å²) in [4.78, 5) is 21.1. The van der Waals surface area contributed by atoms with Gasteiger partial charge in [-0.1, -0.05) is 42.5 Å². The summed E-state index contributed by atoms with van der Waals surface area (Å²) >= 11 is 0. The quantitative estimate of drug-likeness (QED) is 0.211. The highest BCUT2D eigenvalue weighted by Gasteiger charge is 2.35. The van der Waals surface area contributed by atoms with Gasteiger partial charge in [-0.3, -0.25) is 14.5 Å². The fourth-order valence-electron chi connectivity index (χ4n) is 7.38. The molecule has 7 heterocycles. The van der Waals surface area contributed by atoms with Gasteiger partial charge >= 0.3 is 0 Å². The van der Waals surface area contributed by atoms with E-state index in [9.17, 15) is 0 Å². The molecule has 0 bridgehead atoms. The van der Waals surface area contributed by atoms with Gasteiger partial charge in [0.1, 0.15) is 11.5 Å². The summed E-state index contributed by atoms with van der Waals surface area (Å²) in [6, 6.07) is 28.1. The minimum Gasteiger partial charge on any atom is -0.318 e. The molecule has 1 atom stereocenters. The average Bonchev–Trinajstić information content (AvgIpc) is 3.74. The Labute approximate surface area is 258 Å². The first-order chi connectivity index (χ1) is 22.3. The molecule has 1 aliphatic carbocycles. The van der Waals surface area contributed by atoms with Crippen molar-refractivity contribution in [2.75, 3.05) is 4.90 Å². The Morgan fingerprint density at radius 2 is 1.47 bits per heavy atom. The highest BCUT2D eigenvalue weighted by molar-refractivity contribution is 6.11. The zero-order valence-corrected chi connectivity index (χ0v) is 24.1. The minimum atomic E-state index is 0.214. The zero-order valence-electron chi connectivity index (χ0n) is 24.1. The first-order valence-electron chi connectivity index (χ1n) is 15.1. The summed E-state index contributed by atoms with van der Waals surface area (Å²) in [6.45, 7) is 0. The number of aromatic nitrogens is 6. The number of fused-ring (bicyclic) bond motifs is 9. The topological polar surface area (TPSA) is 64.7 Å². The lowest BCUT2D eigenvalue weighted by Gasteiger charge is -2.27. The third-order valence-electron chi connectivity index (χ3n) is 9.29. The summed E-state index contributed by atoms with van der Waals surface area (Å²) in [6.07, 6.45) is 19.0. The second-order valence-corrected chi connectivity index (χ2v) is 11.6. The molecule has 1 aliphatic heterocycles. The summed E-state index contributed by atoms with van der Waals surface area (Å²) in [7, 11) is 0. The molecule has 0 fully saturated rings. The van der Waals surface area contributed by atoms with Crippen molar-refractivity contribution in [3.05, 3.63) is 140 Å². The van der Waals surface area contributed by atoms with E-state index in [1.807, 2.05) is 43.2 Å². The van der Waals surface area contributed by atoms with Crippen LogP contribution in [-0.4, -0.2) is 35.1 Å². The molecule has 45 heavy (non-hydrogen) atoms. The molecule has 7 nitrogen and oxygen atoms in total. The van der Waals surface area contributed by atoms with Gasteiger partial charge in [0.25, 0.3) is 0 Å². The molecule has 212 valence electrons. The molecular weight excluding hydrogens is 554 g/mol. The van der Waals surface area contributed by atoms with Crippen LogP contribution in [0.25, 0.3) is 60.7 Å². The van der Waals surface area contributed by atoms with E-state index in [1.54, 1.807) is 0 Å². The van der Waals surface area contributed by atoms with Crippen LogP contribution in [0.15, 0.2) is 134 Å². The number of hydrogen-bond acceptors (Lipinski definition) is 5. The summed E-state index contributed by atoms with van der Waals surface area (Å²) < 4.78 is 4.56. The van der Waals surface area contributed by atoms with Crippen LogP contribution in [0.5, 0.6) is 0 Å². The number of benzene rings is 2. The highest BCUT2D eigenvalue weighted by Crippen LogP contribution is 2.46. The Morgan fingerprint density at radius 1 is 0.622 bits per heavy atom. The Balaban J connectivity index is 1.16. The second kappa shape index (κ2) is 9.21. The van der Waals surface area contributed by atoms with Gasteiger partial charge in [0.2, 0.25) is 0 Å². The standard InChI is InChI=1S/C38H25N7/c1-3-9-32-26(6-1)30-22-39-18-15-34(30)43(32)24-11-13-28-29-8-5-17-41-38(29)44(36(28)20-24)25-12-14-37(42-21-25)45-33-10-4-2-7-27(33)31-23-40-19-16-35(31)45/h1-9,11-23,33H,10H2. The van der Waals surface area contributed by atoms with Crippen LogP contribution in [0.3, 0.4) is 0 Å². The Bertz CT molecular complexity index is 2480. The molecular formula is C38H25N7. The third kappa shape index (κ3) is 3.40. The molecule has 0 amide bonds. The van der Waals surface area contributed by atoms with E-state index >= 15 is 0 Å². The maximum Gasteiger partial charge on any atom is 0.145 e. The number of allylic oxidation sites excluding steroid dienone is 2. The van der Waals surface area contributed by atoms with Crippen molar-refractivity contribution in [1.82, 2.24) is 29.1 Å². The van der Waals surface area contributed by atoms with E-state index in [0.29, 0.717) is 0 Å². The molecule has 7 heteroatoms. The largest absolute Gasteiger partial charge is 0.318 e. The van der Waals surface area contributed by atoms with Crippen molar-refractivity contribution in [2.24, 2.45) is 0 Å². The molecule has 1 unspecified atom stereocenters. The molecule has 6 aromatic heterocycles. The maximum atomic E-state index is 5.07. The lowest BCUT2D eigenvalue weighted by molar-refractivity contribution is 0.816. The number of nitrogens with zero attached hydrogens (tertiary/aromatic N) is 7. The van der Waals surface area contributed by atoms with Gasteiger partial charge in [0, 0.05) is 63.8 Å². The first kappa shape index (κ1) is 24.4. The van der Waals surface area contributed by atoms with Crippen LogP contribution in [-0.2, 0) is 0 Å². The molecule has 10 rings (SSSR count). The number of hydrogen-bond donors (Lipinski definition) is 0. The molecule has 2 aliphatic rings. The van der Waals surface area contributed by atoms with Crippen molar-refractivity contribution >= 4 is 60.8 Å². The van der Waals surface area contributed by atoms with Crippen LogP contribution >= 0.6 is 0 Å². The first-order valence-corrected chi connectivity index (χ1v) is 15.1. The molecule has 0 N–H and O–H groups in total. The van der Waals surface area contributed by atoms with Gasteiger partial charge in [0.15, 0.2) is 0 Å². The highest BCUT2D eigenvalue weighted by atomic mass is 15.2. The second-order valence-electron chi connectivity index (χ2n) is 11.6. The molecule has 0 spiro atoms. The van der Waals surface area contributed by atoms with Crippen molar-refractivity contribution in [2.45, 2.75) is 12.5 Å². The monoisotopic (exact) mass is 579 g/mol. The number of pyridine rings is 4. The van der Waals surface area contributed by atoms with E-state index in [4.69, 9.17) is 9.97 Å². The van der Waals surface area contributed by atoms with Gasteiger partial charge < -0.3 is 9.47 Å². The normalized spacial score (nSPS) is 15.7. The predicted octanol–water partition coefficient (Wildman–Crippen LogP) is 8.32. The van der Waals surface area contributed by atoms with Crippen LogP contribution in [0.2, 0.25) is 0 Å². The van der Waals surface area contributed by atoms with Crippen LogP contribution in [0.4, 0.5) is 11.5 Å². The van der Waals surface area contributed by atoms with Gasteiger partial charge in [-0.15, -0.1) is 0 Å². The zero-order chi connectivity index (χ0) is 29.5. The van der Waals surface area contributed by atoms with Gasteiger partial charge in [-0.25, -0.2) is 9.97 Å². The maximum absolute atomic E-state index is 5.07. The van der Waals surface area contributed by atoms with Crippen molar-refractivity contribution in [3.63, 3.8) is 0 Å². The minimum absolute atomic E-state index is 0.214. The van der Waals surface area contributed by atoms with E-state index in [1.165, 1.54) is 16.5 Å². The van der Waals surface area contributed by atoms with Gasteiger partial charge in [0.05, 0.1) is 40.2 Å². The fraction of sp³-hybridized carbons (Fsp3) is 0.0526. The van der Waals surface area contributed by atoms with Crippen molar-refractivity contribution in [1.29, 1.82) is 0 Å². The fourth-order valence-corrected chi connectivity index (χ4v) is 7.38. The molecule has 0 radical (unpaired) electrons. The van der Waals surface area contributed by atoms with Crippen molar-refractivity contribution < 1.29 is 0 Å². The lowest BCUT2D eigenvalue weighted by Crippen LogP contribution is -2.27. The van der Waals surface area contributed by atoms with E-state index in [0.717, 1.165) is 67.7 Å². The Hall–Kier alpha value is -6.08. The van der Waals surface area contributed by atoms with Gasteiger partial charge in [-0.05, 0) is 66.6 Å². The summed E-state index contributed by atoms with van der Waals surface area (Å²) in [5, 5.41) is 4.59. The smallest absolute Gasteiger partial charge is 0.145 e. The number of rotatable bonds is 3. The van der Waals surface area contributed by atoms with Crippen LogP contribution in [0, 0.1) is 0 Å². The Morgan fingerprint density at radius 3 is 2.42 bits per heavy atom. The SMILES string of the molecule is C1=CCC2C(=C1)c1cnccc1N2c1ccc(-n2c3cc(-n4c5ccccc5c5cnccc54)ccc3c3cccnc32)cn1. The van der Waals surface area contributed by atoms with Gasteiger partial charge in [-0.2, -0.15) is 0 Å². The lowest BCUT2D eigenvalue weighted by atomic mass is 9.97. The molecule has 0 saturated carbocycles. The van der Waals surface area contributed by atoms with Crippen LogP contribution < -0.4 is 4.90 Å². The number of para-hydroxylation sites is 1. The van der Waals surface area contributed by atoms with E-state index in [-0.39, 0.29) is 6.04 Å². The Kier molecular flexibility index (Phi) is 4.99. The van der Waals surface area contributed by atoms with Crippen LogP contribution in [0.1, 0.15) is 12.0 Å².